The van der Waals surface area contributed by atoms with Gasteiger partial charge in [-0.15, -0.1) is 0 Å². The molecule has 28 nitrogen and oxygen atoms in total. The lowest BCUT2D eigenvalue weighted by atomic mass is 9.89. The van der Waals surface area contributed by atoms with Crippen molar-refractivity contribution in [1.82, 2.24) is 30.0 Å². The number of nitrogens with two attached hydrogens (primary N) is 5. The topological polar surface area (TPSA) is 416 Å². The molecule has 8 aromatic carbocycles. The van der Waals surface area contributed by atoms with Crippen LogP contribution in [0.4, 0.5) is 50.4 Å². The monoisotopic (exact) mass is 1850 g/mol. The number of fused-ring (bicyclic) bond motifs is 3. The second-order valence-electron chi connectivity index (χ2n) is 31.6. The Morgan fingerprint density at radius 3 is 1.18 bits per heavy atom. The lowest BCUT2D eigenvalue weighted by molar-refractivity contribution is -0.133. The zero-order valence-electron chi connectivity index (χ0n) is 75.0. The zero-order chi connectivity index (χ0) is 94.6. The molecule has 3 aliphatic heterocycles. The van der Waals surface area contributed by atoms with Gasteiger partial charge in [-0.05, 0) is 171 Å². The Morgan fingerprint density at radius 1 is 0.477 bits per heavy atom. The summed E-state index contributed by atoms with van der Waals surface area (Å²) in [5.41, 5.74) is 39.1. The van der Waals surface area contributed by atoms with Crippen LogP contribution >= 0.6 is 46.4 Å². The Kier molecular flexibility index (Phi) is 40.0. The van der Waals surface area contributed by atoms with Crippen LogP contribution in [0.3, 0.4) is 0 Å². The number of pyridine rings is 3. The number of ether oxygens (including phenoxy) is 7. The Hall–Kier alpha value is -12.9. The molecule has 0 aliphatic carbocycles. The molecule has 15 rings (SSSR count). The smallest absolute Gasteiger partial charge is 0.409 e. The number of aromatic amines is 1. The fourth-order valence-corrected chi connectivity index (χ4v) is 13.7. The molecule has 0 spiro atoms. The van der Waals surface area contributed by atoms with Gasteiger partial charge in [0, 0.05) is 176 Å². The summed E-state index contributed by atoms with van der Waals surface area (Å²) >= 11 is 24.0. The van der Waals surface area contributed by atoms with Gasteiger partial charge in [-0.25, -0.2) is 4.79 Å². The number of ketones is 1. The number of Topliss-reactive ketones (excluding diaryl/α,β-unsaturated/α-hetero) is 1. The average Bonchev–Trinajstić information content (AvgIpc) is 1.33. The molecule has 130 heavy (non-hydrogen) atoms. The van der Waals surface area contributed by atoms with E-state index < -0.39 is 29.1 Å². The molecule has 2 saturated heterocycles. The third kappa shape index (κ3) is 32.1. The number of primary amides is 3. The molecule has 4 aromatic heterocycles. The normalized spacial score (nSPS) is 12.3. The molecule has 3 aliphatic rings. The number of benzene rings is 8. The molecule has 14 N–H and O–H groups in total. The lowest BCUT2D eigenvalue weighted by Crippen LogP contribution is -2.21. The number of carbonyl (C=O) groups is 6. The van der Waals surface area contributed by atoms with E-state index in [1.54, 1.807) is 152 Å². The summed E-state index contributed by atoms with van der Waals surface area (Å²) in [5.74, 6) is 0.545. The molecule has 7 heterocycles. The number of methoxy groups -OCH3 is 3. The van der Waals surface area contributed by atoms with E-state index in [1.165, 1.54) is 66.6 Å². The number of aliphatic imine (C=N–C) groups is 1. The first kappa shape index (κ1) is 102. The van der Waals surface area contributed by atoms with Crippen LogP contribution in [0.1, 0.15) is 142 Å². The fraction of sp³-hybridized carbons (Fsp3) is 0.296. The average molecular weight is 1850 g/mol. The van der Waals surface area contributed by atoms with Crippen molar-refractivity contribution in [2.75, 3.05) is 101 Å². The number of para-hydroxylation sites is 2. The molecule has 12 aromatic rings. The van der Waals surface area contributed by atoms with E-state index in [0.717, 1.165) is 77.1 Å². The van der Waals surface area contributed by atoms with Gasteiger partial charge < -0.3 is 82.7 Å². The number of allylic oxidation sites excluding steroid dienone is 1. The van der Waals surface area contributed by atoms with Gasteiger partial charge in [-0.1, -0.05) is 146 Å². The molecule has 3 amide bonds. The first-order chi connectivity index (χ1) is 62.1. The van der Waals surface area contributed by atoms with Crippen LogP contribution in [-0.4, -0.2) is 145 Å². The number of rotatable bonds is 23. The standard InChI is InChI=1S/C28H29ClN4O3.C25H20ClN3O4.C17H15ClN4O2.C7H5ClO2.C7H13N3.C6H15N.2C4H8O/c1-28(2,3)26-10-16(15-32-26)9-19(34)11-17-5-6-18(12-22(17)29)33-23-7-8-31-24-14-25(36-4)21(27(30)35)13-20(23)24;1-32-23-14-22-18(13-19(23)25(27)31)21(9-10-28-22)29-16-8-7-15(20(26)12-16)11-24(30)33-17-5-3-2-4-6-17;1-24-16-8-15-10(7-11(16)17(20)23)14(4-5-21-15)22-9-2-3-13(19)12(18)6-9;8-7(9)10-6-4-2-1-3-5-6;1-7(2,3)5-4-6(8)10-9-5;1-4-7(5-2)6-3;2*1-2-4-5-3-1/h5-8,10,12-14H,9,11,15H2,1-4H3,(H2,30,35)(H,31,33);2-10,12-14H,11H2,1H3,(H2,27,31)(H,28,29);2-8H,19H2,1H3,(H2,20,23)(H,21,22);1-5H;4H,1-3H3,(H3,8,9,10);4-6H2,1-3H3;2*1-4H2. The quantitative estimate of drug-likeness (QED) is 0.0124. The second kappa shape index (κ2) is 50.7. The number of nitrogen functional groups attached to an aromatic ring is 2. The third-order valence-corrected chi connectivity index (χ3v) is 21.1. The van der Waals surface area contributed by atoms with Crippen molar-refractivity contribution in [3.8, 4) is 28.7 Å². The number of hydrogen-bond acceptors (Lipinski definition) is 24. The minimum absolute atomic E-state index is 0.0233. The van der Waals surface area contributed by atoms with Crippen molar-refractivity contribution in [3.63, 3.8) is 0 Å². The maximum atomic E-state index is 12.7. The summed E-state index contributed by atoms with van der Waals surface area (Å²) in [5, 5.41) is 20.1. The molecular weight excluding hydrogens is 1740 g/mol. The van der Waals surface area contributed by atoms with Crippen molar-refractivity contribution in [2.24, 2.45) is 27.6 Å². The van der Waals surface area contributed by atoms with Gasteiger partial charge in [0.25, 0.3) is 17.7 Å². The third-order valence-electron chi connectivity index (χ3n) is 20.0. The fourth-order valence-electron chi connectivity index (χ4n) is 12.9. The van der Waals surface area contributed by atoms with Crippen LogP contribution in [0.2, 0.25) is 15.1 Å². The number of halogens is 4. The highest BCUT2D eigenvalue weighted by molar-refractivity contribution is 6.61. The zero-order valence-corrected chi connectivity index (χ0v) is 78.1. The highest BCUT2D eigenvalue weighted by Crippen LogP contribution is 2.37. The van der Waals surface area contributed by atoms with Gasteiger partial charge in [0.05, 0.1) is 78.2 Å². The number of aromatic nitrogens is 5. The second-order valence-corrected chi connectivity index (χ2v) is 33.1. The van der Waals surface area contributed by atoms with Crippen molar-refractivity contribution < 1.29 is 61.9 Å². The van der Waals surface area contributed by atoms with Crippen LogP contribution in [0.25, 0.3) is 32.7 Å². The number of hydrogen-bond donors (Lipinski definition) is 9. The first-order valence-electron chi connectivity index (χ1n) is 42.0. The number of anilines is 8. The minimum Gasteiger partial charge on any atom is -0.496 e. The van der Waals surface area contributed by atoms with E-state index >= 15 is 0 Å². The van der Waals surface area contributed by atoms with Gasteiger partial charge in [-0.3, -0.25) is 49.0 Å². The summed E-state index contributed by atoms with van der Waals surface area (Å²) < 4.78 is 35.5. The Labute approximate surface area is 777 Å². The highest BCUT2D eigenvalue weighted by Gasteiger charge is 2.24. The van der Waals surface area contributed by atoms with Gasteiger partial charge in [-0.2, -0.15) is 5.10 Å². The molecule has 0 saturated carbocycles. The van der Waals surface area contributed by atoms with Crippen LogP contribution in [0.5, 0.6) is 28.7 Å². The van der Waals surface area contributed by atoms with Crippen molar-refractivity contribution in [1.29, 1.82) is 0 Å². The summed E-state index contributed by atoms with van der Waals surface area (Å²) in [6.07, 6.45) is 12.8. The van der Waals surface area contributed by atoms with Crippen LogP contribution < -0.4 is 68.3 Å². The number of nitrogens with zero attached hydrogens (tertiary/aromatic N) is 6. The van der Waals surface area contributed by atoms with E-state index in [0.29, 0.717) is 113 Å². The highest BCUT2D eigenvalue weighted by atomic mass is 35.5. The number of carbonyl (C=O) groups excluding carboxylic acids is 6. The molecule has 32 heteroatoms. The predicted molar refractivity (Wildman–Crippen MR) is 522 cm³/mol. The van der Waals surface area contributed by atoms with E-state index in [-0.39, 0.29) is 46.1 Å². The Morgan fingerprint density at radius 2 is 0.869 bits per heavy atom. The van der Waals surface area contributed by atoms with Crippen molar-refractivity contribution in [2.45, 2.75) is 113 Å². The largest absolute Gasteiger partial charge is 0.496 e. The lowest BCUT2D eigenvalue weighted by Gasteiger charge is -2.16. The maximum absolute atomic E-state index is 12.7. The van der Waals surface area contributed by atoms with Crippen LogP contribution in [0.15, 0.2) is 211 Å². The summed E-state index contributed by atoms with van der Waals surface area (Å²) in [6, 6.07) is 50.8. The molecular formula is C98H113Cl4N15O13. The van der Waals surface area contributed by atoms with E-state index in [1.807, 2.05) is 48.5 Å². The van der Waals surface area contributed by atoms with Gasteiger partial charge in [0.2, 0.25) is 0 Å². The van der Waals surface area contributed by atoms with Crippen molar-refractivity contribution in [3.05, 3.63) is 255 Å². The van der Waals surface area contributed by atoms with Gasteiger partial charge in [0.1, 0.15) is 40.3 Å². The molecule has 686 valence electrons. The SMILES string of the molecule is C1CCOC1.C1CCOC1.CC(C)(C)c1cc(N)n[nH]1.CCN(CC)CC.COc1cc2nccc(Nc3ccc(CC(=O)CC4=CC(C(C)(C)C)=NC4)c(Cl)c3)c2cc1C(N)=O.COc1cc2nccc(Nc3ccc(CC(=O)Oc4ccccc4)c(Cl)c3)c2cc1C(N)=O.COc1cc2nccc(Nc3ccc(N)c(Cl)c3)c2cc1C(N)=O.O=C(Cl)Oc1ccccc1. The van der Waals surface area contributed by atoms with Crippen molar-refractivity contribution >= 4 is 165 Å². The van der Waals surface area contributed by atoms with E-state index in [9.17, 15) is 28.8 Å². The van der Waals surface area contributed by atoms with E-state index in [2.05, 4.69) is 118 Å². The minimum atomic E-state index is -0.814. The first-order valence-corrected chi connectivity index (χ1v) is 43.5. The molecule has 2 fully saturated rings. The molecule has 0 radical (unpaired) electrons. The number of amides is 3. The number of nitrogens with one attached hydrogen (secondary N) is 4. The van der Waals surface area contributed by atoms with Crippen LogP contribution in [0, 0.1) is 5.41 Å². The number of H-pyrrole nitrogens is 1. The molecule has 0 bridgehead atoms. The number of esters is 1. The maximum Gasteiger partial charge on any atom is 0.409 e. The van der Waals surface area contributed by atoms with Crippen LogP contribution in [-0.2, 0) is 37.3 Å². The molecule has 0 atom stereocenters. The van der Waals surface area contributed by atoms with E-state index in [4.69, 9.17) is 103 Å². The molecule has 0 unspecified atom stereocenters. The predicted octanol–water partition coefficient (Wildman–Crippen LogP) is 20.5. The Balaban J connectivity index is 0.000000202. The van der Waals surface area contributed by atoms with Gasteiger partial charge in [0.15, 0.2) is 0 Å². The summed E-state index contributed by atoms with van der Waals surface area (Å²) in [7, 11) is 4.42. The summed E-state index contributed by atoms with van der Waals surface area (Å²) in [6.45, 7) is 27.4. The summed E-state index contributed by atoms with van der Waals surface area (Å²) in [4.78, 5) is 90.4. The Bertz CT molecular complexity index is 5870. The van der Waals surface area contributed by atoms with Gasteiger partial charge >= 0.3 is 11.4 Å².